The van der Waals surface area contributed by atoms with Gasteiger partial charge in [-0.05, 0) is 67.3 Å². The Bertz CT molecular complexity index is 1240. The van der Waals surface area contributed by atoms with Gasteiger partial charge in [-0.1, -0.05) is 41.9 Å². The molecule has 0 amide bonds. The normalized spacial score (nSPS) is 13.0. The third-order valence-corrected chi connectivity index (χ3v) is 6.11. The number of rotatable bonds is 6. The van der Waals surface area contributed by atoms with Crippen LogP contribution in [0.15, 0.2) is 72.8 Å². The van der Waals surface area contributed by atoms with Crippen LogP contribution < -0.4 is 14.8 Å². The second kappa shape index (κ2) is 9.59. The maximum atomic E-state index is 6.33. The fraction of sp³-hybridized carbons (Fsp3) is 0.222. The van der Waals surface area contributed by atoms with Crippen LogP contribution in [0.5, 0.6) is 11.5 Å². The standard InChI is InChI=1S/C27H26ClN3O2/c1-32-25-15-10-20(28)17-24(25)26-23-9-5-6-16-29-27(23)31(30-26)21-11-13-22(14-12-21)33-18-19-7-3-2-4-8-19/h2-4,7-8,10-15,17,29H,5-6,9,16,18H2,1H3. The minimum Gasteiger partial charge on any atom is -0.496 e. The molecule has 0 aliphatic carbocycles. The van der Waals surface area contributed by atoms with Crippen LogP contribution >= 0.6 is 11.6 Å². The van der Waals surface area contributed by atoms with Gasteiger partial charge in [-0.3, -0.25) is 0 Å². The van der Waals surface area contributed by atoms with Gasteiger partial charge in [0.2, 0.25) is 0 Å². The second-order valence-electron chi connectivity index (χ2n) is 8.08. The smallest absolute Gasteiger partial charge is 0.133 e. The first kappa shape index (κ1) is 21.4. The van der Waals surface area contributed by atoms with Crippen molar-refractivity contribution < 1.29 is 9.47 Å². The summed E-state index contributed by atoms with van der Waals surface area (Å²) >= 11 is 6.33. The van der Waals surface area contributed by atoms with Gasteiger partial charge in [0.15, 0.2) is 0 Å². The number of nitrogens with one attached hydrogen (secondary N) is 1. The van der Waals surface area contributed by atoms with Crippen LogP contribution in [0.25, 0.3) is 16.9 Å². The van der Waals surface area contributed by atoms with Crippen molar-refractivity contribution in [2.45, 2.75) is 25.9 Å². The van der Waals surface area contributed by atoms with Gasteiger partial charge in [0.05, 0.1) is 12.8 Å². The lowest BCUT2D eigenvalue weighted by Gasteiger charge is -2.11. The Kier molecular flexibility index (Phi) is 6.22. The molecule has 1 N–H and O–H groups in total. The quantitative estimate of drug-likeness (QED) is 0.356. The van der Waals surface area contributed by atoms with Crippen LogP contribution in [0.3, 0.4) is 0 Å². The summed E-state index contributed by atoms with van der Waals surface area (Å²) in [6.07, 6.45) is 3.17. The molecule has 0 unspecified atom stereocenters. The predicted molar refractivity (Wildman–Crippen MR) is 133 cm³/mol. The molecule has 5 rings (SSSR count). The molecule has 3 aromatic carbocycles. The van der Waals surface area contributed by atoms with Crippen molar-refractivity contribution >= 4 is 17.4 Å². The lowest BCUT2D eigenvalue weighted by Crippen LogP contribution is -2.07. The van der Waals surface area contributed by atoms with Gasteiger partial charge in [0.25, 0.3) is 0 Å². The summed E-state index contributed by atoms with van der Waals surface area (Å²) in [5.74, 6) is 2.62. The third-order valence-electron chi connectivity index (χ3n) is 5.88. The van der Waals surface area contributed by atoms with Gasteiger partial charge >= 0.3 is 0 Å². The molecule has 0 radical (unpaired) electrons. The number of aromatic nitrogens is 2. The van der Waals surface area contributed by atoms with E-state index in [1.165, 1.54) is 5.56 Å². The summed E-state index contributed by atoms with van der Waals surface area (Å²) in [7, 11) is 1.68. The highest BCUT2D eigenvalue weighted by molar-refractivity contribution is 6.31. The molecule has 4 aromatic rings. The molecule has 0 bridgehead atoms. The molecule has 6 heteroatoms. The van der Waals surface area contributed by atoms with Gasteiger partial charge in [-0.15, -0.1) is 0 Å². The van der Waals surface area contributed by atoms with Crippen molar-refractivity contribution in [1.82, 2.24) is 9.78 Å². The Morgan fingerprint density at radius 1 is 1.00 bits per heavy atom. The predicted octanol–water partition coefficient (Wildman–Crippen LogP) is 6.53. The number of halogens is 1. The molecular formula is C27H26ClN3O2. The van der Waals surface area contributed by atoms with Gasteiger partial charge in [-0.2, -0.15) is 5.10 Å². The van der Waals surface area contributed by atoms with E-state index in [9.17, 15) is 0 Å². The van der Waals surface area contributed by atoms with Crippen LogP contribution in [0, 0.1) is 0 Å². The fourth-order valence-corrected chi connectivity index (χ4v) is 4.37. The summed E-state index contributed by atoms with van der Waals surface area (Å²) in [6, 6.07) is 23.9. The molecule has 2 heterocycles. The topological polar surface area (TPSA) is 48.3 Å². The Hall–Kier alpha value is -3.44. The van der Waals surface area contributed by atoms with Crippen molar-refractivity contribution in [3.05, 3.63) is 88.9 Å². The van der Waals surface area contributed by atoms with Crippen LogP contribution in [0.1, 0.15) is 24.0 Å². The maximum absolute atomic E-state index is 6.33. The summed E-state index contributed by atoms with van der Waals surface area (Å²) in [5.41, 5.74) is 5.12. The Labute approximate surface area is 198 Å². The number of ether oxygens (including phenoxy) is 2. The van der Waals surface area contributed by atoms with Gasteiger partial charge in [0.1, 0.15) is 29.6 Å². The number of fused-ring (bicyclic) bond motifs is 1. The van der Waals surface area contributed by atoms with Crippen molar-refractivity contribution in [2.24, 2.45) is 0 Å². The lowest BCUT2D eigenvalue weighted by atomic mass is 10.0. The summed E-state index contributed by atoms with van der Waals surface area (Å²) in [6.45, 7) is 1.46. The first-order valence-electron chi connectivity index (χ1n) is 11.2. The summed E-state index contributed by atoms with van der Waals surface area (Å²) in [5, 5.41) is 9.28. The summed E-state index contributed by atoms with van der Waals surface area (Å²) in [4.78, 5) is 0. The fourth-order valence-electron chi connectivity index (χ4n) is 4.20. The van der Waals surface area contributed by atoms with Gasteiger partial charge in [-0.25, -0.2) is 4.68 Å². The summed E-state index contributed by atoms with van der Waals surface area (Å²) < 4.78 is 13.6. The highest BCUT2D eigenvalue weighted by atomic mass is 35.5. The number of methoxy groups -OCH3 is 1. The molecule has 168 valence electrons. The Balaban J connectivity index is 1.49. The third kappa shape index (κ3) is 4.55. The molecular weight excluding hydrogens is 434 g/mol. The minimum atomic E-state index is 0.539. The number of hydrogen-bond acceptors (Lipinski definition) is 4. The molecule has 5 nitrogen and oxygen atoms in total. The van der Waals surface area contributed by atoms with Crippen molar-refractivity contribution in [3.8, 4) is 28.4 Å². The average molecular weight is 460 g/mol. The SMILES string of the molecule is COc1ccc(Cl)cc1-c1nn(-c2ccc(OCc3ccccc3)cc2)c2c1CCCCN2. The number of benzene rings is 3. The monoisotopic (exact) mass is 459 g/mol. The van der Waals surface area contributed by atoms with E-state index in [1.807, 2.05) is 65.3 Å². The molecule has 33 heavy (non-hydrogen) atoms. The van der Waals surface area contributed by atoms with E-state index in [1.54, 1.807) is 7.11 Å². The zero-order chi connectivity index (χ0) is 22.6. The maximum Gasteiger partial charge on any atom is 0.133 e. The van der Waals surface area contributed by atoms with Crippen LogP contribution in [0.2, 0.25) is 5.02 Å². The molecule has 0 spiro atoms. The number of nitrogens with zero attached hydrogens (tertiary/aromatic N) is 2. The average Bonchev–Trinajstić information content (AvgIpc) is 3.04. The molecule has 1 aromatic heterocycles. The van der Waals surface area contributed by atoms with Crippen LogP contribution in [0.4, 0.5) is 5.82 Å². The minimum absolute atomic E-state index is 0.539. The van der Waals surface area contributed by atoms with Crippen molar-refractivity contribution in [1.29, 1.82) is 0 Å². The van der Waals surface area contributed by atoms with Gasteiger partial charge in [0, 0.05) is 22.7 Å². The largest absolute Gasteiger partial charge is 0.496 e. The zero-order valence-corrected chi connectivity index (χ0v) is 19.3. The molecule has 0 fully saturated rings. The zero-order valence-electron chi connectivity index (χ0n) is 18.6. The van der Waals surface area contributed by atoms with Crippen LogP contribution in [-0.2, 0) is 13.0 Å². The van der Waals surface area contributed by atoms with E-state index < -0.39 is 0 Å². The number of anilines is 1. The highest BCUT2D eigenvalue weighted by Gasteiger charge is 2.23. The van der Waals surface area contributed by atoms with E-state index >= 15 is 0 Å². The molecule has 0 saturated carbocycles. The first-order chi connectivity index (χ1) is 16.2. The van der Waals surface area contributed by atoms with E-state index in [2.05, 4.69) is 17.4 Å². The van der Waals surface area contributed by atoms with Crippen molar-refractivity contribution in [3.63, 3.8) is 0 Å². The van der Waals surface area contributed by atoms with E-state index in [0.717, 1.165) is 65.6 Å². The molecule has 1 aliphatic rings. The lowest BCUT2D eigenvalue weighted by molar-refractivity contribution is 0.306. The van der Waals surface area contributed by atoms with Gasteiger partial charge < -0.3 is 14.8 Å². The van der Waals surface area contributed by atoms with Crippen LogP contribution in [-0.4, -0.2) is 23.4 Å². The molecule has 1 aliphatic heterocycles. The van der Waals surface area contributed by atoms with Crippen molar-refractivity contribution in [2.75, 3.05) is 19.0 Å². The first-order valence-corrected chi connectivity index (χ1v) is 11.6. The number of hydrogen-bond donors (Lipinski definition) is 1. The van der Waals surface area contributed by atoms with E-state index in [4.69, 9.17) is 26.2 Å². The molecule has 0 saturated heterocycles. The Morgan fingerprint density at radius 2 is 1.82 bits per heavy atom. The second-order valence-corrected chi connectivity index (χ2v) is 8.52. The molecule has 0 atom stereocenters. The Morgan fingerprint density at radius 3 is 2.61 bits per heavy atom. The van der Waals surface area contributed by atoms with E-state index in [-0.39, 0.29) is 0 Å². The highest BCUT2D eigenvalue weighted by Crippen LogP contribution is 2.39. The van der Waals surface area contributed by atoms with E-state index in [0.29, 0.717) is 11.6 Å².